The molecule has 0 aliphatic carbocycles. The third kappa shape index (κ3) is 2.57. The van der Waals surface area contributed by atoms with Crippen LogP contribution in [0.25, 0.3) is 0 Å². The molecule has 1 N–H and O–H groups in total. The topological polar surface area (TPSA) is 20.2 Å². The Bertz CT molecular complexity index is 353. The van der Waals surface area contributed by atoms with Gasteiger partial charge in [0, 0.05) is 0 Å². The van der Waals surface area contributed by atoms with Crippen molar-refractivity contribution in [2.24, 2.45) is 0 Å². The highest BCUT2D eigenvalue weighted by Gasteiger charge is 2.40. The van der Waals surface area contributed by atoms with E-state index in [1.54, 1.807) is 0 Å². The highest BCUT2D eigenvalue weighted by molar-refractivity contribution is 6.30. The van der Waals surface area contributed by atoms with E-state index in [-0.39, 0.29) is 0 Å². The smallest absolute Gasteiger partial charge is 0.379 e. The van der Waals surface area contributed by atoms with Gasteiger partial charge in [-0.1, -0.05) is 11.6 Å². The van der Waals surface area contributed by atoms with Crippen LogP contribution in [0.5, 0.6) is 0 Å². The molecule has 0 radical (unpaired) electrons. The lowest BCUT2D eigenvalue weighted by atomic mass is 10.1. The molecule has 1 atom stereocenters. The van der Waals surface area contributed by atoms with E-state index in [4.69, 9.17) is 16.7 Å². The van der Waals surface area contributed by atoms with Crippen LogP contribution in [0.1, 0.15) is 11.7 Å². The van der Waals surface area contributed by atoms with Crippen molar-refractivity contribution in [1.82, 2.24) is 0 Å². The molecule has 0 fully saturated rings. The van der Waals surface area contributed by atoms with Crippen LogP contribution in [0.15, 0.2) is 12.1 Å². The number of halogens is 6. The Morgan fingerprint density at radius 3 is 1.87 bits per heavy atom. The van der Waals surface area contributed by atoms with Crippen molar-refractivity contribution in [2.45, 2.75) is 12.3 Å². The summed E-state index contributed by atoms with van der Waals surface area (Å²) in [6.45, 7) is 0. The zero-order valence-corrected chi connectivity index (χ0v) is 7.70. The molecule has 1 unspecified atom stereocenters. The number of aliphatic hydroxyl groups excluding tert-OH is 1. The Balaban J connectivity index is 3.17. The average molecular weight is 247 g/mol. The second kappa shape index (κ2) is 3.94. The molecule has 0 saturated carbocycles. The fourth-order valence-electron chi connectivity index (χ4n) is 0.922. The summed E-state index contributed by atoms with van der Waals surface area (Å²) in [7, 11) is 0. The van der Waals surface area contributed by atoms with Crippen LogP contribution in [-0.4, -0.2) is 11.3 Å². The van der Waals surface area contributed by atoms with Crippen LogP contribution in [-0.2, 0) is 0 Å². The van der Waals surface area contributed by atoms with E-state index in [0.29, 0.717) is 12.1 Å². The number of hydrogen-bond donors (Lipinski definition) is 1. The molecule has 0 saturated heterocycles. The number of hydrogen-bond acceptors (Lipinski definition) is 1. The lowest BCUT2D eigenvalue weighted by Gasteiger charge is -2.15. The fourth-order valence-corrected chi connectivity index (χ4v) is 1.03. The van der Waals surface area contributed by atoms with Gasteiger partial charge in [0.1, 0.15) is 16.7 Å². The second-order valence-electron chi connectivity index (χ2n) is 2.74. The van der Waals surface area contributed by atoms with Gasteiger partial charge in [0.2, 0.25) is 0 Å². The van der Waals surface area contributed by atoms with Gasteiger partial charge in [-0.3, -0.25) is 0 Å². The summed E-state index contributed by atoms with van der Waals surface area (Å²) in [6, 6.07) is 0.674. The number of benzene rings is 1. The summed E-state index contributed by atoms with van der Waals surface area (Å²) >= 11 is 5.06. The molecule has 1 aromatic rings. The first-order valence-electron chi connectivity index (χ1n) is 3.62. The molecule has 0 spiro atoms. The zero-order valence-electron chi connectivity index (χ0n) is 6.95. The van der Waals surface area contributed by atoms with E-state index in [9.17, 15) is 22.0 Å². The Labute approximate surface area is 86.1 Å². The number of alkyl halides is 3. The molecule has 0 aliphatic heterocycles. The third-order valence-corrected chi connectivity index (χ3v) is 1.99. The van der Waals surface area contributed by atoms with Crippen molar-refractivity contribution in [3.63, 3.8) is 0 Å². The summed E-state index contributed by atoms with van der Waals surface area (Å²) in [5.41, 5.74) is -0.929. The van der Waals surface area contributed by atoms with Crippen LogP contribution in [0.2, 0.25) is 5.02 Å². The van der Waals surface area contributed by atoms with Crippen LogP contribution >= 0.6 is 11.6 Å². The highest BCUT2D eigenvalue weighted by Crippen LogP contribution is 2.34. The Hall–Kier alpha value is -0.880. The first-order valence-corrected chi connectivity index (χ1v) is 4.00. The molecule has 84 valence electrons. The largest absolute Gasteiger partial charge is 0.418 e. The Kier molecular flexibility index (Phi) is 3.20. The standard InChI is InChI=1S/C8H4ClF5O/c9-6-4(10)1-3(2-5(6)11)7(15)8(12,13)14/h1-2,7,15H. The monoisotopic (exact) mass is 246 g/mol. The maximum absolute atomic E-state index is 12.7. The molecule has 0 aromatic heterocycles. The molecule has 0 aliphatic rings. The quantitative estimate of drug-likeness (QED) is 0.596. The van der Waals surface area contributed by atoms with Crippen molar-refractivity contribution in [3.8, 4) is 0 Å². The number of aliphatic hydroxyl groups is 1. The molecule has 7 heteroatoms. The lowest BCUT2D eigenvalue weighted by molar-refractivity contribution is -0.206. The lowest BCUT2D eigenvalue weighted by Crippen LogP contribution is -2.20. The van der Waals surface area contributed by atoms with Gasteiger partial charge < -0.3 is 5.11 Å². The minimum atomic E-state index is -4.98. The average Bonchev–Trinajstić information content (AvgIpc) is 2.10. The predicted octanol–water partition coefficient (Wildman–Crippen LogP) is 3.21. The molecule has 1 rings (SSSR count). The third-order valence-electron chi connectivity index (χ3n) is 1.63. The SMILES string of the molecule is OC(c1cc(F)c(Cl)c(F)c1)C(F)(F)F. The Morgan fingerprint density at radius 2 is 1.53 bits per heavy atom. The highest BCUT2D eigenvalue weighted by atomic mass is 35.5. The van der Waals surface area contributed by atoms with Gasteiger partial charge in [-0.15, -0.1) is 0 Å². The predicted molar refractivity (Wildman–Crippen MR) is 42.4 cm³/mol. The molecule has 1 nitrogen and oxygen atoms in total. The first kappa shape index (κ1) is 12.2. The molecule has 0 amide bonds. The first-order chi connectivity index (χ1) is 6.73. The van der Waals surface area contributed by atoms with Gasteiger partial charge in [0.25, 0.3) is 0 Å². The molecule has 1 aromatic carbocycles. The van der Waals surface area contributed by atoms with E-state index in [0.717, 1.165) is 0 Å². The van der Waals surface area contributed by atoms with Gasteiger partial charge in [-0.25, -0.2) is 8.78 Å². The maximum Gasteiger partial charge on any atom is 0.418 e. The molecular weight excluding hydrogens is 243 g/mol. The minimum Gasteiger partial charge on any atom is -0.379 e. The van der Waals surface area contributed by atoms with Crippen molar-refractivity contribution in [2.75, 3.05) is 0 Å². The summed E-state index contributed by atoms with van der Waals surface area (Å²) in [5, 5.41) is 7.79. The van der Waals surface area contributed by atoms with Gasteiger partial charge in [-0.05, 0) is 17.7 Å². The van der Waals surface area contributed by atoms with Crippen molar-refractivity contribution >= 4 is 11.6 Å². The van der Waals surface area contributed by atoms with Crippen LogP contribution in [0.4, 0.5) is 22.0 Å². The summed E-state index contributed by atoms with van der Waals surface area (Å²) in [6.07, 6.45) is -7.91. The number of rotatable bonds is 1. The Morgan fingerprint density at radius 1 is 1.13 bits per heavy atom. The van der Waals surface area contributed by atoms with E-state index in [1.165, 1.54) is 0 Å². The summed E-state index contributed by atoms with van der Waals surface area (Å²) in [4.78, 5) is 0. The van der Waals surface area contributed by atoms with Crippen LogP contribution in [0.3, 0.4) is 0 Å². The summed E-state index contributed by atoms with van der Waals surface area (Å²) < 4.78 is 61.4. The van der Waals surface area contributed by atoms with E-state index < -0.39 is 34.5 Å². The van der Waals surface area contributed by atoms with Gasteiger partial charge in [-0.2, -0.15) is 13.2 Å². The fraction of sp³-hybridized carbons (Fsp3) is 0.250. The van der Waals surface area contributed by atoms with Crippen molar-refractivity contribution in [3.05, 3.63) is 34.4 Å². The molecule has 0 heterocycles. The van der Waals surface area contributed by atoms with Gasteiger partial charge >= 0.3 is 6.18 Å². The van der Waals surface area contributed by atoms with Crippen molar-refractivity contribution in [1.29, 1.82) is 0 Å². The molecule has 15 heavy (non-hydrogen) atoms. The van der Waals surface area contributed by atoms with E-state index in [2.05, 4.69) is 0 Å². The maximum atomic E-state index is 12.7. The van der Waals surface area contributed by atoms with Crippen LogP contribution in [0, 0.1) is 11.6 Å². The van der Waals surface area contributed by atoms with E-state index >= 15 is 0 Å². The van der Waals surface area contributed by atoms with E-state index in [1.807, 2.05) is 0 Å². The summed E-state index contributed by atoms with van der Waals surface area (Å²) in [5.74, 6) is -2.70. The second-order valence-corrected chi connectivity index (χ2v) is 3.12. The molecule has 0 bridgehead atoms. The van der Waals surface area contributed by atoms with Crippen LogP contribution < -0.4 is 0 Å². The zero-order chi connectivity index (χ0) is 11.8. The molecular formula is C8H4ClF5O. The van der Waals surface area contributed by atoms with Gasteiger partial charge in [0.15, 0.2) is 6.10 Å². The minimum absolute atomic E-state index is 0.337. The van der Waals surface area contributed by atoms with Gasteiger partial charge in [0.05, 0.1) is 0 Å². The normalized spacial score (nSPS) is 14.1. The van der Waals surface area contributed by atoms with Crippen molar-refractivity contribution < 1.29 is 27.1 Å².